The first kappa shape index (κ1) is 24.2. The zero-order chi connectivity index (χ0) is 24.6. The van der Waals surface area contributed by atoms with Gasteiger partial charge in [0.05, 0.1) is 18.0 Å². The molecule has 1 saturated carbocycles. The minimum atomic E-state index is -6.19. The Bertz CT molecular complexity index is 1240. The lowest BCUT2D eigenvalue weighted by atomic mass is 9.94. The molecule has 2 N–H and O–H groups in total. The molecule has 176 valence electrons. The van der Waals surface area contributed by atoms with E-state index in [9.17, 15) is 42.1 Å². The average molecular weight is 487 g/mol. The molecule has 0 atom stereocenters. The highest BCUT2D eigenvalue weighted by Crippen LogP contribution is 2.50. The zero-order valence-electron chi connectivity index (χ0n) is 16.8. The average Bonchev–Trinajstić information content (AvgIpc) is 3.54. The highest BCUT2D eigenvalue weighted by molar-refractivity contribution is 7.87. The molecule has 33 heavy (non-hydrogen) atoms. The lowest BCUT2D eigenvalue weighted by molar-refractivity contribution is -0.146. The van der Waals surface area contributed by atoms with Crippen molar-refractivity contribution in [3.63, 3.8) is 0 Å². The molecule has 0 unspecified atom stereocenters. The van der Waals surface area contributed by atoms with Gasteiger partial charge in [0.1, 0.15) is 17.0 Å². The predicted molar refractivity (Wildman–Crippen MR) is 104 cm³/mol. The fourth-order valence-electron chi connectivity index (χ4n) is 3.07. The van der Waals surface area contributed by atoms with Gasteiger partial charge < -0.3 is 8.92 Å². The fraction of sp³-hybridized carbons (Fsp3) is 0.316. The third-order valence-corrected chi connectivity index (χ3v) is 5.81. The lowest BCUT2D eigenvalue weighted by Crippen LogP contribution is -2.29. The van der Waals surface area contributed by atoms with E-state index in [-0.39, 0.29) is 47.2 Å². The Morgan fingerprint density at radius 1 is 1.30 bits per heavy atom. The van der Waals surface area contributed by atoms with Gasteiger partial charge in [-0.15, -0.1) is 5.23 Å². The zero-order valence-corrected chi connectivity index (χ0v) is 17.6. The van der Waals surface area contributed by atoms with Crippen molar-refractivity contribution in [3.05, 3.63) is 41.6 Å². The molecule has 3 rings (SSSR count). The number of nitrogens with zero attached hydrogens (tertiary/aromatic N) is 3. The van der Waals surface area contributed by atoms with Gasteiger partial charge in [0.2, 0.25) is 0 Å². The van der Waals surface area contributed by atoms with Crippen LogP contribution in [-0.2, 0) is 25.1 Å². The summed E-state index contributed by atoms with van der Waals surface area (Å²) < 4.78 is 71.3. The number of rotatable bonds is 7. The van der Waals surface area contributed by atoms with E-state index in [0.29, 0.717) is 0 Å². The lowest BCUT2D eigenvalue weighted by Gasteiger charge is -2.18. The number of hydrogen-bond donors (Lipinski definition) is 2. The van der Waals surface area contributed by atoms with Crippen LogP contribution in [0.15, 0.2) is 30.3 Å². The van der Waals surface area contributed by atoms with Crippen LogP contribution in [0.4, 0.5) is 18.9 Å². The third-order valence-electron chi connectivity index (χ3n) is 4.86. The quantitative estimate of drug-likeness (QED) is 0.258. The number of carbonyl (C=O) groups excluding carboxylic acids is 1. The first-order chi connectivity index (χ1) is 15.4. The van der Waals surface area contributed by atoms with Crippen LogP contribution in [-0.4, -0.2) is 41.9 Å². The Balaban J connectivity index is 2.28. The molecule has 0 bridgehead atoms. The van der Waals surface area contributed by atoms with Crippen LogP contribution in [0.3, 0.4) is 0 Å². The molecule has 10 nitrogen and oxygen atoms in total. The number of esters is 1. The van der Waals surface area contributed by atoms with Crippen molar-refractivity contribution in [1.82, 2.24) is 4.98 Å². The molecule has 0 saturated heterocycles. The molecule has 0 radical (unpaired) electrons. The number of carbonyl (C=O) groups is 1. The van der Waals surface area contributed by atoms with E-state index in [1.165, 1.54) is 24.3 Å². The maximum absolute atomic E-state index is 12.9. The molecule has 14 heteroatoms. The van der Waals surface area contributed by atoms with Crippen molar-refractivity contribution in [2.45, 2.75) is 30.7 Å². The Labute approximate surface area is 185 Å². The SMILES string of the molecule is CCOC(=O)C1(c2cc(-c3cccc(N(O)O)c3)c(C#N)c(OS(=O)(=O)C(F)(F)F)n2)CC1. The van der Waals surface area contributed by atoms with E-state index in [1.807, 2.05) is 0 Å². The van der Waals surface area contributed by atoms with Gasteiger partial charge in [-0.3, -0.25) is 15.2 Å². The molecule has 1 aromatic heterocycles. The van der Waals surface area contributed by atoms with Crippen molar-refractivity contribution in [2.75, 3.05) is 11.8 Å². The number of hydrogen-bond acceptors (Lipinski definition) is 10. The normalized spacial score (nSPS) is 14.8. The Morgan fingerprint density at radius 3 is 2.48 bits per heavy atom. The molecule has 1 heterocycles. The summed E-state index contributed by atoms with van der Waals surface area (Å²) in [6, 6.07) is 7.94. The van der Waals surface area contributed by atoms with Crippen molar-refractivity contribution in [1.29, 1.82) is 5.26 Å². The van der Waals surface area contributed by atoms with Crippen LogP contribution in [0, 0.1) is 11.3 Å². The number of alkyl halides is 3. The van der Waals surface area contributed by atoms with Crippen LogP contribution in [0.2, 0.25) is 0 Å². The minimum Gasteiger partial charge on any atom is -0.465 e. The number of halogens is 3. The first-order valence-corrected chi connectivity index (χ1v) is 10.7. The van der Waals surface area contributed by atoms with E-state index >= 15 is 0 Å². The molecule has 1 aliphatic rings. The molecular weight excluding hydrogens is 471 g/mol. The summed E-state index contributed by atoms with van der Waals surface area (Å²) in [5.74, 6) is -1.89. The predicted octanol–water partition coefficient (Wildman–Crippen LogP) is 3.03. The van der Waals surface area contributed by atoms with Crippen LogP contribution >= 0.6 is 0 Å². The molecule has 1 fully saturated rings. The highest BCUT2D eigenvalue weighted by atomic mass is 32.2. The molecule has 0 amide bonds. The second-order valence-corrected chi connectivity index (χ2v) is 8.51. The number of aromatic nitrogens is 1. The van der Waals surface area contributed by atoms with Crippen LogP contribution in [0.5, 0.6) is 5.88 Å². The number of benzene rings is 1. The van der Waals surface area contributed by atoms with Crippen LogP contribution in [0.25, 0.3) is 11.1 Å². The summed E-state index contributed by atoms with van der Waals surface area (Å²) in [6.07, 6.45) is 0.438. The standard InChI is InChI=1S/C19H16F3N3O7S/c1-2-31-17(26)18(6-7-18)15-9-13(11-4-3-5-12(8-11)25(27)28)14(10-23)16(24-15)32-33(29,30)19(20,21)22/h3-5,8-9,27-28H,2,6-7H2,1H3. The van der Waals surface area contributed by atoms with E-state index in [2.05, 4.69) is 9.17 Å². The van der Waals surface area contributed by atoms with Gasteiger partial charge in [-0.1, -0.05) is 12.1 Å². The Hall–Kier alpha value is -3.41. The van der Waals surface area contributed by atoms with Crippen molar-refractivity contribution in [3.8, 4) is 23.1 Å². The van der Waals surface area contributed by atoms with Gasteiger partial charge in [-0.05, 0) is 43.5 Å². The molecule has 0 spiro atoms. The summed E-state index contributed by atoms with van der Waals surface area (Å²) >= 11 is 0. The summed E-state index contributed by atoms with van der Waals surface area (Å²) in [5, 5.41) is 27.9. The van der Waals surface area contributed by atoms with Gasteiger partial charge in [-0.2, -0.15) is 26.9 Å². The summed E-state index contributed by atoms with van der Waals surface area (Å²) in [7, 11) is -6.19. The highest BCUT2D eigenvalue weighted by Gasteiger charge is 2.55. The van der Waals surface area contributed by atoms with Gasteiger partial charge in [0.15, 0.2) is 0 Å². The summed E-state index contributed by atoms with van der Waals surface area (Å²) in [6.45, 7) is 1.57. The Morgan fingerprint density at radius 2 is 1.97 bits per heavy atom. The maximum atomic E-state index is 12.9. The second kappa shape index (κ2) is 8.50. The first-order valence-electron chi connectivity index (χ1n) is 9.28. The van der Waals surface area contributed by atoms with Gasteiger partial charge in [0.25, 0.3) is 5.88 Å². The molecule has 0 aliphatic heterocycles. The van der Waals surface area contributed by atoms with E-state index in [4.69, 9.17) is 4.74 Å². The second-order valence-electron chi connectivity index (χ2n) is 6.97. The Kier molecular flexibility index (Phi) is 6.25. The summed E-state index contributed by atoms with van der Waals surface area (Å²) in [4.78, 5) is 16.3. The summed E-state index contributed by atoms with van der Waals surface area (Å²) in [5.41, 5.74) is -8.22. The van der Waals surface area contributed by atoms with Crippen molar-refractivity contribution in [2.24, 2.45) is 0 Å². The fourth-order valence-corrected chi connectivity index (χ4v) is 3.49. The van der Waals surface area contributed by atoms with E-state index in [1.54, 1.807) is 13.0 Å². The largest absolute Gasteiger partial charge is 0.534 e. The maximum Gasteiger partial charge on any atom is 0.534 e. The smallest absolute Gasteiger partial charge is 0.465 e. The van der Waals surface area contributed by atoms with Crippen LogP contribution in [0.1, 0.15) is 31.0 Å². The van der Waals surface area contributed by atoms with Crippen LogP contribution < -0.4 is 9.41 Å². The number of anilines is 1. The van der Waals surface area contributed by atoms with E-state index in [0.717, 1.165) is 6.07 Å². The van der Waals surface area contributed by atoms with E-state index < -0.39 is 38.5 Å². The van der Waals surface area contributed by atoms with Gasteiger partial charge >= 0.3 is 21.6 Å². The molecule has 1 aromatic carbocycles. The number of pyridine rings is 1. The topological polar surface area (TPSA) is 150 Å². The van der Waals surface area contributed by atoms with Crippen molar-refractivity contribution >= 4 is 21.8 Å². The molecule has 1 aliphatic carbocycles. The minimum absolute atomic E-state index is 0.0143. The number of nitriles is 1. The molecular formula is C19H16F3N3O7S. The third kappa shape index (κ3) is 4.56. The van der Waals surface area contributed by atoms with Crippen molar-refractivity contribution < 1.29 is 45.7 Å². The molecule has 2 aromatic rings. The number of ether oxygens (including phenoxy) is 1. The monoisotopic (exact) mass is 487 g/mol. The van der Waals surface area contributed by atoms with Gasteiger partial charge in [0, 0.05) is 5.56 Å². The van der Waals surface area contributed by atoms with Gasteiger partial charge in [-0.25, -0.2) is 4.98 Å².